The van der Waals surface area contributed by atoms with Crippen molar-refractivity contribution in [3.05, 3.63) is 11.6 Å². The highest BCUT2D eigenvalue weighted by Gasteiger charge is 2.31. The van der Waals surface area contributed by atoms with E-state index < -0.39 is 10.0 Å². The van der Waals surface area contributed by atoms with E-state index in [0.29, 0.717) is 23.2 Å². The number of rotatable bonds is 5. The van der Waals surface area contributed by atoms with Crippen LogP contribution in [0.5, 0.6) is 0 Å². The maximum atomic E-state index is 12.8. The van der Waals surface area contributed by atoms with Gasteiger partial charge in [-0.3, -0.25) is 4.40 Å². The van der Waals surface area contributed by atoms with Crippen LogP contribution in [0.2, 0.25) is 0 Å². The molecule has 2 unspecified atom stereocenters. The summed E-state index contributed by atoms with van der Waals surface area (Å²) in [6.07, 6.45) is 4.64. The first-order chi connectivity index (χ1) is 10.0. The molecule has 6 nitrogen and oxygen atoms in total. The van der Waals surface area contributed by atoms with Crippen molar-refractivity contribution in [3.8, 4) is 0 Å². The molecule has 2 N–H and O–H groups in total. The lowest BCUT2D eigenvalue weighted by molar-refractivity contribution is 0.535. The Morgan fingerprint density at radius 2 is 2.29 bits per heavy atom. The molecule has 0 aromatic carbocycles. The zero-order valence-electron chi connectivity index (χ0n) is 12.2. The van der Waals surface area contributed by atoms with E-state index in [0.717, 1.165) is 19.3 Å². The van der Waals surface area contributed by atoms with Crippen LogP contribution >= 0.6 is 11.3 Å². The van der Waals surface area contributed by atoms with Gasteiger partial charge in [0.25, 0.3) is 10.0 Å². The molecule has 8 heteroatoms. The van der Waals surface area contributed by atoms with Gasteiger partial charge in [-0.05, 0) is 32.1 Å². The predicted octanol–water partition coefficient (Wildman–Crippen LogP) is 2.29. The number of nitrogens with zero attached hydrogens (tertiary/aromatic N) is 2. The molecule has 2 aromatic rings. The lowest BCUT2D eigenvalue weighted by atomic mass is 10.1. The lowest BCUT2D eigenvalue weighted by Crippen LogP contribution is -2.34. The fourth-order valence-electron chi connectivity index (χ4n) is 2.89. The molecule has 116 valence electrons. The van der Waals surface area contributed by atoms with Crippen molar-refractivity contribution in [2.24, 2.45) is 5.92 Å². The standard InChI is InChI=1S/C13H20N4O2S2/c1-3-14-11-12(17-6-7-20-13(17)15-11)21(18,19)16-10-5-4-9(2)8-10/h6-7,9-10,14,16H,3-5,8H2,1-2H3. The highest BCUT2D eigenvalue weighted by molar-refractivity contribution is 7.89. The summed E-state index contributed by atoms with van der Waals surface area (Å²) in [7, 11) is -3.58. The molecule has 0 radical (unpaired) electrons. The quantitative estimate of drug-likeness (QED) is 0.883. The summed E-state index contributed by atoms with van der Waals surface area (Å²) in [6, 6.07) is 0.0312. The first-order valence-corrected chi connectivity index (χ1v) is 9.59. The van der Waals surface area contributed by atoms with Gasteiger partial charge in [0.05, 0.1) is 0 Å². The molecular formula is C13H20N4O2S2. The fraction of sp³-hybridized carbons (Fsp3) is 0.615. The predicted molar refractivity (Wildman–Crippen MR) is 84.4 cm³/mol. The second kappa shape index (κ2) is 5.58. The molecular weight excluding hydrogens is 308 g/mol. The number of fused-ring (bicyclic) bond motifs is 1. The van der Waals surface area contributed by atoms with Gasteiger partial charge in [-0.25, -0.2) is 18.1 Å². The smallest absolute Gasteiger partial charge is 0.260 e. The first kappa shape index (κ1) is 14.8. The fourth-order valence-corrected chi connectivity index (χ4v) is 5.21. The Balaban J connectivity index is 1.97. The van der Waals surface area contributed by atoms with E-state index in [2.05, 4.69) is 21.9 Å². The molecule has 0 saturated heterocycles. The number of nitrogens with one attached hydrogen (secondary N) is 2. The van der Waals surface area contributed by atoms with Gasteiger partial charge in [0.2, 0.25) is 0 Å². The van der Waals surface area contributed by atoms with E-state index in [9.17, 15) is 8.42 Å². The van der Waals surface area contributed by atoms with Crippen LogP contribution in [0, 0.1) is 5.92 Å². The van der Waals surface area contributed by atoms with E-state index in [1.165, 1.54) is 11.3 Å². The van der Waals surface area contributed by atoms with Crippen molar-refractivity contribution < 1.29 is 8.42 Å². The Morgan fingerprint density at radius 1 is 1.48 bits per heavy atom. The average molecular weight is 328 g/mol. The van der Waals surface area contributed by atoms with Crippen LogP contribution in [0.3, 0.4) is 0 Å². The Bertz CT molecular complexity index is 735. The largest absolute Gasteiger partial charge is 0.368 e. The van der Waals surface area contributed by atoms with Crippen LogP contribution in [-0.2, 0) is 10.0 Å². The maximum absolute atomic E-state index is 12.8. The summed E-state index contributed by atoms with van der Waals surface area (Å²) in [4.78, 5) is 5.06. The monoisotopic (exact) mass is 328 g/mol. The summed E-state index contributed by atoms with van der Waals surface area (Å²) in [5.74, 6) is 1.01. The van der Waals surface area contributed by atoms with Gasteiger partial charge in [0.15, 0.2) is 15.8 Å². The highest BCUT2D eigenvalue weighted by Crippen LogP contribution is 2.29. The summed E-state index contributed by atoms with van der Waals surface area (Å²) in [5, 5.41) is 5.11. The SMILES string of the molecule is CCNc1nc2sccn2c1S(=O)(=O)NC1CCC(C)C1. The van der Waals surface area contributed by atoms with E-state index in [4.69, 9.17) is 0 Å². The van der Waals surface area contributed by atoms with E-state index in [1.54, 1.807) is 10.6 Å². The maximum Gasteiger partial charge on any atom is 0.260 e. The van der Waals surface area contributed by atoms with Crippen molar-refractivity contribution in [1.82, 2.24) is 14.1 Å². The second-order valence-electron chi connectivity index (χ2n) is 5.59. The van der Waals surface area contributed by atoms with Crippen molar-refractivity contribution in [1.29, 1.82) is 0 Å². The highest BCUT2D eigenvalue weighted by atomic mass is 32.2. The Morgan fingerprint density at radius 3 is 2.95 bits per heavy atom. The third-order valence-electron chi connectivity index (χ3n) is 3.83. The molecule has 1 saturated carbocycles. The van der Waals surface area contributed by atoms with Gasteiger partial charge in [-0.15, -0.1) is 11.3 Å². The number of aromatic nitrogens is 2. The average Bonchev–Trinajstić information content (AvgIpc) is 3.05. The number of hydrogen-bond acceptors (Lipinski definition) is 5. The van der Waals surface area contributed by atoms with Gasteiger partial charge in [0, 0.05) is 24.2 Å². The molecule has 0 spiro atoms. The van der Waals surface area contributed by atoms with Crippen LogP contribution in [0.15, 0.2) is 16.6 Å². The molecule has 1 fully saturated rings. The minimum atomic E-state index is -3.58. The number of anilines is 1. The van der Waals surface area contributed by atoms with Crippen LogP contribution in [-0.4, -0.2) is 30.4 Å². The third kappa shape index (κ3) is 2.79. The molecule has 0 aliphatic heterocycles. The Labute approximate surface area is 128 Å². The second-order valence-corrected chi connectivity index (χ2v) is 8.09. The van der Waals surface area contributed by atoms with Crippen molar-refractivity contribution >= 4 is 32.1 Å². The van der Waals surface area contributed by atoms with E-state index in [-0.39, 0.29) is 11.1 Å². The molecule has 2 aromatic heterocycles. The van der Waals surface area contributed by atoms with Crippen LogP contribution in [0.25, 0.3) is 4.96 Å². The molecule has 0 bridgehead atoms. The minimum absolute atomic E-state index is 0.0312. The Hall–Kier alpha value is -1.12. The van der Waals surface area contributed by atoms with Crippen LogP contribution < -0.4 is 10.0 Å². The summed E-state index contributed by atoms with van der Waals surface area (Å²) < 4.78 is 30.0. The molecule has 2 heterocycles. The number of sulfonamides is 1. The molecule has 0 amide bonds. The zero-order valence-corrected chi connectivity index (χ0v) is 13.8. The molecule has 21 heavy (non-hydrogen) atoms. The van der Waals surface area contributed by atoms with Gasteiger partial charge in [-0.2, -0.15) is 0 Å². The number of thiazole rings is 1. The third-order valence-corrected chi connectivity index (χ3v) is 6.13. The number of imidazole rings is 1. The van der Waals surface area contributed by atoms with Gasteiger partial charge in [-0.1, -0.05) is 6.92 Å². The Kier molecular flexibility index (Phi) is 3.94. The van der Waals surface area contributed by atoms with Crippen molar-refractivity contribution in [2.75, 3.05) is 11.9 Å². The minimum Gasteiger partial charge on any atom is -0.368 e. The van der Waals surface area contributed by atoms with E-state index in [1.807, 2.05) is 12.3 Å². The van der Waals surface area contributed by atoms with Crippen molar-refractivity contribution in [3.63, 3.8) is 0 Å². The topological polar surface area (TPSA) is 75.5 Å². The van der Waals surface area contributed by atoms with Gasteiger partial charge in [0.1, 0.15) is 0 Å². The van der Waals surface area contributed by atoms with Crippen molar-refractivity contribution in [2.45, 2.75) is 44.2 Å². The lowest BCUT2D eigenvalue weighted by Gasteiger charge is -2.13. The molecule has 1 aliphatic carbocycles. The molecule has 3 rings (SSSR count). The van der Waals surface area contributed by atoms with Crippen LogP contribution in [0.1, 0.15) is 33.1 Å². The normalized spacial score (nSPS) is 23.0. The van der Waals surface area contributed by atoms with E-state index >= 15 is 0 Å². The molecule has 2 atom stereocenters. The summed E-state index contributed by atoms with van der Waals surface area (Å²) in [5.41, 5.74) is 0. The van der Waals surface area contributed by atoms with Crippen LogP contribution in [0.4, 0.5) is 5.82 Å². The summed E-state index contributed by atoms with van der Waals surface area (Å²) in [6.45, 7) is 4.72. The summed E-state index contributed by atoms with van der Waals surface area (Å²) >= 11 is 1.43. The number of hydrogen-bond donors (Lipinski definition) is 2. The molecule has 1 aliphatic rings. The zero-order chi connectivity index (χ0) is 15.0. The van der Waals surface area contributed by atoms with Gasteiger partial charge < -0.3 is 5.32 Å². The van der Waals surface area contributed by atoms with Gasteiger partial charge >= 0.3 is 0 Å². The first-order valence-electron chi connectivity index (χ1n) is 7.23.